The average Bonchev–Trinajstić information content (AvgIpc) is 3.84. The Hall–Kier alpha value is -7.62. The molecule has 8 aromatic carbocycles. The molecule has 2 unspecified atom stereocenters. The molecule has 0 radical (unpaired) electrons. The maximum atomic E-state index is 2.49. The summed E-state index contributed by atoms with van der Waals surface area (Å²) >= 11 is 0. The molecular weight excluding hydrogens is 715 g/mol. The van der Waals surface area contributed by atoms with E-state index in [2.05, 4.69) is 251 Å². The normalized spacial score (nSPS) is 15.3. The summed E-state index contributed by atoms with van der Waals surface area (Å²) in [6.07, 6.45) is 9.07. The minimum atomic E-state index is 0.241. The number of para-hydroxylation sites is 3. The molecule has 0 saturated carbocycles. The Kier molecular flexibility index (Phi) is 8.63. The van der Waals surface area contributed by atoms with Crippen molar-refractivity contribution < 1.29 is 0 Å². The Morgan fingerprint density at radius 3 is 1.66 bits per heavy atom. The van der Waals surface area contributed by atoms with Gasteiger partial charge in [-0.2, -0.15) is 0 Å². The van der Waals surface area contributed by atoms with E-state index in [9.17, 15) is 0 Å². The Morgan fingerprint density at radius 1 is 0.407 bits per heavy atom. The van der Waals surface area contributed by atoms with Gasteiger partial charge in [-0.3, -0.25) is 0 Å². The summed E-state index contributed by atoms with van der Waals surface area (Å²) in [6, 6.07) is 77.1. The van der Waals surface area contributed by atoms with Crippen molar-refractivity contribution in [2.75, 3.05) is 9.80 Å². The van der Waals surface area contributed by atoms with E-state index in [0.29, 0.717) is 0 Å². The molecule has 59 heavy (non-hydrogen) atoms. The fourth-order valence-electron chi connectivity index (χ4n) is 9.27. The van der Waals surface area contributed by atoms with Gasteiger partial charge in [0.2, 0.25) is 0 Å². The highest BCUT2D eigenvalue weighted by Crippen LogP contribution is 2.50. The smallest absolute Gasteiger partial charge is 0.0629 e. The fraction of sp³-hybridized carbons (Fsp3) is 0.0357. The number of aromatic nitrogens is 1. The van der Waals surface area contributed by atoms with E-state index in [-0.39, 0.29) is 12.0 Å². The van der Waals surface area contributed by atoms with Crippen molar-refractivity contribution in [2.45, 2.75) is 12.0 Å². The molecule has 0 amide bonds. The zero-order chi connectivity index (χ0) is 39.1. The third-order valence-corrected chi connectivity index (χ3v) is 11.9. The minimum Gasteiger partial charge on any atom is -0.333 e. The molecule has 0 saturated heterocycles. The van der Waals surface area contributed by atoms with Crippen LogP contribution in [0.2, 0.25) is 0 Å². The van der Waals surface area contributed by atoms with Crippen molar-refractivity contribution >= 4 is 39.3 Å². The van der Waals surface area contributed by atoms with Gasteiger partial charge in [-0.05, 0) is 107 Å². The van der Waals surface area contributed by atoms with E-state index >= 15 is 0 Å². The van der Waals surface area contributed by atoms with E-state index in [0.717, 1.165) is 22.7 Å². The first-order chi connectivity index (χ1) is 29.3. The Bertz CT molecular complexity index is 2970. The second-order valence-electron chi connectivity index (χ2n) is 15.3. The number of anilines is 5. The third kappa shape index (κ3) is 6.07. The quantitative estimate of drug-likeness (QED) is 0.153. The largest absolute Gasteiger partial charge is 0.333 e. The first-order valence-electron chi connectivity index (χ1n) is 20.4. The zero-order valence-electron chi connectivity index (χ0n) is 32.5. The molecule has 1 aliphatic carbocycles. The Balaban J connectivity index is 1.03. The summed E-state index contributed by atoms with van der Waals surface area (Å²) in [7, 11) is 0. The number of hydrogen-bond acceptors (Lipinski definition) is 2. The predicted molar refractivity (Wildman–Crippen MR) is 248 cm³/mol. The molecule has 2 atom stereocenters. The van der Waals surface area contributed by atoms with Gasteiger partial charge in [-0.25, -0.2) is 0 Å². The number of nitrogens with zero attached hydrogens (tertiary/aromatic N) is 3. The molecule has 3 heteroatoms. The van der Waals surface area contributed by atoms with Crippen LogP contribution in [0, 0.1) is 0 Å². The lowest BCUT2D eigenvalue weighted by Gasteiger charge is -2.28. The monoisotopic (exact) mass is 755 g/mol. The van der Waals surface area contributed by atoms with Gasteiger partial charge in [0.15, 0.2) is 0 Å². The van der Waals surface area contributed by atoms with Crippen molar-refractivity contribution in [1.82, 2.24) is 4.57 Å². The highest BCUT2D eigenvalue weighted by Gasteiger charge is 2.38. The Labute approximate surface area is 345 Å². The van der Waals surface area contributed by atoms with Gasteiger partial charge in [0, 0.05) is 51.0 Å². The highest BCUT2D eigenvalue weighted by molar-refractivity contribution is 6.07. The van der Waals surface area contributed by atoms with Crippen molar-refractivity contribution in [3.8, 4) is 39.2 Å². The second-order valence-corrected chi connectivity index (χ2v) is 15.3. The van der Waals surface area contributed by atoms with Gasteiger partial charge < -0.3 is 14.4 Å². The van der Waals surface area contributed by atoms with Crippen molar-refractivity contribution in [1.29, 1.82) is 0 Å². The van der Waals surface area contributed by atoms with Gasteiger partial charge in [0.25, 0.3) is 0 Å². The first-order valence-corrected chi connectivity index (χ1v) is 20.4. The molecule has 0 fully saturated rings. The van der Waals surface area contributed by atoms with E-state index in [4.69, 9.17) is 0 Å². The van der Waals surface area contributed by atoms with Crippen LogP contribution in [0.25, 0.3) is 50.1 Å². The predicted octanol–water partition coefficient (Wildman–Crippen LogP) is 14.8. The molecule has 1 aliphatic heterocycles. The van der Waals surface area contributed by atoms with E-state index in [1.54, 1.807) is 0 Å². The lowest BCUT2D eigenvalue weighted by atomic mass is 9.91. The number of allylic oxidation sites excluding steroid dienone is 2. The van der Waals surface area contributed by atoms with E-state index in [1.807, 2.05) is 0 Å². The Morgan fingerprint density at radius 2 is 0.966 bits per heavy atom. The molecule has 1 aromatic heterocycles. The second kappa shape index (κ2) is 14.7. The van der Waals surface area contributed by atoms with Crippen LogP contribution in [-0.2, 0) is 0 Å². The summed E-state index contributed by atoms with van der Waals surface area (Å²) in [6.45, 7) is 0. The maximum Gasteiger partial charge on any atom is 0.0629 e. The lowest BCUT2D eigenvalue weighted by molar-refractivity contribution is 0.745. The van der Waals surface area contributed by atoms with E-state index < -0.39 is 0 Å². The molecule has 11 rings (SSSR count). The number of benzene rings is 8. The number of fused-ring (bicyclic) bond motifs is 4. The molecule has 2 aliphatic rings. The molecular formula is C56H41N3. The van der Waals surface area contributed by atoms with Crippen molar-refractivity contribution in [3.63, 3.8) is 0 Å². The third-order valence-electron chi connectivity index (χ3n) is 11.9. The molecule has 280 valence electrons. The van der Waals surface area contributed by atoms with E-state index in [1.165, 1.54) is 61.4 Å². The van der Waals surface area contributed by atoms with Crippen LogP contribution in [0.5, 0.6) is 0 Å². The van der Waals surface area contributed by atoms with Crippen molar-refractivity contribution in [3.05, 3.63) is 242 Å². The molecule has 3 nitrogen and oxygen atoms in total. The van der Waals surface area contributed by atoms with Crippen LogP contribution < -0.4 is 9.80 Å². The number of rotatable bonds is 8. The van der Waals surface area contributed by atoms with Crippen LogP contribution in [-0.4, -0.2) is 10.6 Å². The maximum absolute atomic E-state index is 2.49. The lowest BCUT2D eigenvalue weighted by Crippen LogP contribution is -2.28. The van der Waals surface area contributed by atoms with Crippen molar-refractivity contribution in [2.24, 2.45) is 0 Å². The topological polar surface area (TPSA) is 11.4 Å². The standard InChI is InChI=1S/C56H41N3/c1-6-18-41(19-7-1)55-51-38-43(32-36-54(51)59(46-26-14-5-15-27-46)56(55)42-20-8-2-9-21-42)40-30-33-47(34-31-40)57(44-22-10-3-11-23-44)48-35-37-53-50(39-48)49-28-16-17-29-52(49)58(53)45-24-12-4-13-25-45/h1-39,49,52H. The van der Waals surface area contributed by atoms with Crippen LogP contribution in [0.1, 0.15) is 11.5 Å². The minimum absolute atomic E-state index is 0.241. The summed E-state index contributed by atoms with van der Waals surface area (Å²) in [5.74, 6) is 0.269. The number of hydrogen-bond donors (Lipinski definition) is 0. The van der Waals surface area contributed by atoms with Gasteiger partial charge >= 0.3 is 0 Å². The van der Waals surface area contributed by atoms with Crippen LogP contribution >= 0.6 is 0 Å². The fourth-order valence-corrected chi connectivity index (χ4v) is 9.27. The van der Waals surface area contributed by atoms with Crippen LogP contribution in [0.3, 0.4) is 0 Å². The zero-order valence-corrected chi connectivity index (χ0v) is 32.5. The molecule has 0 bridgehead atoms. The summed E-state index contributed by atoms with van der Waals surface area (Å²) in [5.41, 5.74) is 16.7. The summed E-state index contributed by atoms with van der Waals surface area (Å²) < 4.78 is 2.43. The van der Waals surface area contributed by atoms with Gasteiger partial charge in [-0.15, -0.1) is 0 Å². The van der Waals surface area contributed by atoms with Crippen LogP contribution in [0.4, 0.5) is 28.4 Å². The SMILES string of the molecule is C1=CC2c3cc(N(c4ccccc4)c4ccc(-c5ccc6c(c5)c(-c5ccccc5)c(-c5ccccc5)n6-c5ccccc5)cc4)ccc3N(c3ccccc3)C2C=C1. The summed E-state index contributed by atoms with van der Waals surface area (Å²) in [5, 5.41) is 1.22. The molecule has 9 aromatic rings. The molecule has 0 spiro atoms. The van der Waals surface area contributed by atoms with Gasteiger partial charge in [0.1, 0.15) is 0 Å². The highest BCUT2D eigenvalue weighted by atomic mass is 15.2. The average molecular weight is 756 g/mol. The van der Waals surface area contributed by atoms with Gasteiger partial charge in [-0.1, -0.05) is 158 Å². The summed E-state index contributed by atoms with van der Waals surface area (Å²) in [4.78, 5) is 4.87. The molecule has 0 N–H and O–H groups in total. The van der Waals surface area contributed by atoms with Crippen LogP contribution in [0.15, 0.2) is 237 Å². The van der Waals surface area contributed by atoms with Gasteiger partial charge in [0.05, 0.1) is 17.3 Å². The first kappa shape index (κ1) is 34.6. The molecule has 2 heterocycles.